The van der Waals surface area contributed by atoms with E-state index in [1.54, 1.807) is 0 Å². The van der Waals surface area contributed by atoms with Crippen LogP contribution in [0.4, 0.5) is 5.82 Å². The van der Waals surface area contributed by atoms with Crippen LogP contribution in [0.2, 0.25) is 0 Å². The molecule has 0 atom stereocenters. The zero-order chi connectivity index (χ0) is 18.1. The maximum atomic E-state index is 12.1. The number of halogens is 1. The summed E-state index contributed by atoms with van der Waals surface area (Å²) in [5.41, 5.74) is 1.48. The summed E-state index contributed by atoms with van der Waals surface area (Å²) in [4.78, 5) is 28.8. The van der Waals surface area contributed by atoms with E-state index in [9.17, 15) is 4.79 Å². The number of aromatic nitrogens is 2. The Bertz CT molecular complexity index is 813. The molecule has 0 unspecified atom stereocenters. The molecule has 0 spiro atoms. The van der Waals surface area contributed by atoms with Gasteiger partial charge in [-0.25, -0.2) is 9.97 Å². The molecule has 0 saturated carbocycles. The third-order valence-electron chi connectivity index (χ3n) is 5.40. The molecule has 1 saturated heterocycles. The van der Waals surface area contributed by atoms with Crippen LogP contribution >= 0.6 is 22.9 Å². The van der Waals surface area contributed by atoms with Crippen molar-refractivity contribution in [3.63, 3.8) is 0 Å². The van der Waals surface area contributed by atoms with Gasteiger partial charge in [0.2, 0.25) is 5.91 Å². The van der Waals surface area contributed by atoms with Gasteiger partial charge in [-0.2, -0.15) is 0 Å². The number of nitrogens with zero attached hydrogens (tertiary/aromatic N) is 4. The number of aryl methyl sites for hydroxylation is 3. The molecular formula is C19H25ClN4OS. The van der Waals surface area contributed by atoms with E-state index < -0.39 is 0 Å². The van der Waals surface area contributed by atoms with E-state index in [1.165, 1.54) is 35.1 Å². The molecule has 140 valence electrons. The Morgan fingerprint density at radius 1 is 1.15 bits per heavy atom. The summed E-state index contributed by atoms with van der Waals surface area (Å²) in [5, 5.41) is 1.28. The topological polar surface area (TPSA) is 49.3 Å². The lowest BCUT2D eigenvalue weighted by molar-refractivity contribution is -0.131. The lowest BCUT2D eigenvalue weighted by Gasteiger charge is -2.36. The maximum Gasteiger partial charge on any atom is 0.223 e. The van der Waals surface area contributed by atoms with Crippen LogP contribution in [0.1, 0.15) is 42.5 Å². The van der Waals surface area contributed by atoms with Crippen LogP contribution in [0.5, 0.6) is 0 Å². The summed E-state index contributed by atoms with van der Waals surface area (Å²) in [7, 11) is 0. The molecule has 0 N–H and O–H groups in total. The Hall–Kier alpha value is -1.40. The minimum Gasteiger partial charge on any atom is -0.352 e. The molecule has 2 aromatic heterocycles. The zero-order valence-electron chi connectivity index (χ0n) is 15.3. The molecular weight excluding hydrogens is 368 g/mol. The Morgan fingerprint density at radius 2 is 1.92 bits per heavy atom. The van der Waals surface area contributed by atoms with E-state index in [0.717, 1.165) is 55.5 Å². The van der Waals surface area contributed by atoms with E-state index in [0.29, 0.717) is 12.3 Å². The number of hydrogen-bond acceptors (Lipinski definition) is 5. The van der Waals surface area contributed by atoms with Gasteiger partial charge < -0.3 is 9.80 Å². The highest BCUT2D eigenvalue weighted by Crippen LogP contribution is 2.40. The monoisotopic (exact) mass is 392 g/mol. The molecule has 1 aliphatic heterocycles. The maximum absolute atomic E-state index is 12.1. The predicted molar refractivity (Wildman–Crippen MR) is 108 cm³/mol. The fourth-order valence-electron chi connectivity index (χ4n) is 3.97. The molecule has 3 heterocycles. The van der Waals surface area contributed by atoms with Gasteiger partial charge in [-0.05, 0) is 31.2 Å². The summed E-state index contributed by atoms with van der Waals surface area (Å²) in [6, 6.07) is 0. The molecule has 0 bridgehead atoms. The number of fused-ring (bicyclic) bond motifs is 3. The van der Waals surface area contributed by atoms with Gasteiger partial charge >= 0.3 is 0 Å². The van der Waals surface area contributed by atoms with Crippen LogP contribution < -0.4 is 4.90 Å². The van der Waals surface area contributed by atoms with Crippen molar-refractivity contribution < 1.29 is 4.79 Å². The highest BCUT2D eigenvalue weighted by atomic mass is 35.5. The first-order valence-electron chi connectivity index (χ1n) is 9.61. The van der Waals surface area contributed by atoms with Crippen LogP contribution in [-0.2, 0) is 24.1 Å². The van der Waals surface area contributed by atoms with Gasteiger partial charge in [-0.15, -0.1) is 22.9 Å². The minimum atomic E-state index is 0.162. The molecule has 26 heavy (non-hydrogen) atoms. The Morgan fingerprint density at radius 3 is 2.65 bits per heavy atom. The number of alkyl halides is 1. The SMILES string of the molecule is CCc1nc(N2CCN(C(=O)CCCl)CC2)c2c3c(sc2n1)CCCC3. The third-order valence-corrected chi connectivity index (χ3v) is 6.77. The van der Waals surface area contributed by atoms with E-state index in [4.69, 9.17) is 21.6 Å². The first-order chi connectivity index (χ1) is 12.7. The summed E-state index contributed by atoms with van der Waals surface area (Å²) in [5.74, 6) is 2.57. The van der Waals surface area contributed by atoms with Gasteiger partial charge in [0.25, 0.3) is 0 Å². The van der Waals surface area contributed by atoms with E-state index >= 15 is 0 Å². The largest absolute Gasteiger partial charge is 0.352 e. The number of anilines is 1. The molecule has 1 aliphatic carbocycles. The van der Waals surface area contributed by atoms with Gasteiger partial charge in [-0.3, -0.25) is 4.79 Å². The predicted octanol–water partition coefficient (Wildman–Crippen LogP) is 3.41. The number of rotatable bonds is 4. The average Bonchev–Trinajstić information content (AvgIpc) is 3.06. The Labute approximate surface area is 163 Å². The van der Waals surface area contributed by atoms with Crippen LogP contribution in [0.25, 0.3) is 10.2 Å². The molecule has 1 amide bonds. The summed E-state index contributed by atoms with van der Waals surface area (Å²) in [6.07, 6.45) is 6.14. The van der Waals surface area contributed by atoms with Gasteiger partial charge in [0, 0.05) is 49.8 Å². The van der Waals surface area contributed by atoms with Crippen molar-refractivity contribution >= 4 is 44.9 Å². The molecule has 0 radical (unpaired) electrons. The number of piperazine rings is 1. The molecule has 7 heteroatoms. The fraction of sp³-hybridized carbons (Fsp3) is 0.632. The Kier molecular flexibility index (Phi) is 5.32. The molecule has 5 nitrogen and oxygen atoms in total. The molecule has 4 rings (SSSR count). The Balaban J connectivity index is 1.65. The number of thiophene rings is 1. The van der Waals surface area contributed by atoms with Crippen molar-refractivity contribution in [3.05, 3.63) is 16.3 Å². The normalized spacial score (nSPS) is 17.6. The summed E-state index contributed by atoms with van der Waals surface area (Å²) < 4.78 is 0. The van der Waals surface area contributed by atoms with E-state index in [2.05, 4.69) is 11.8 Å². The van der Waals surface area contributed by atoms with Gasteiger partial charge in [0.05, 0.1) is 5.39 Å². The van der Waals surface area contributed by atoms with E-state index in [-0.39, 0.29) is 5.91 Å². The smallest absolute Gasteiger partial charge is 0.223 e. The van der Waals surface area contributed by atoms with Crippen molar-refractivity contribution in [2.45, 2.75) is 45.4 Å². The van der Waals surface area contributed by atoms with Crippen LogP contribution in [0, 0.1) is 0 Å². The fourth-order valence-corrected chi connectivity index (χ4v) is 5.41. The number of amides is 1. The first-order valence-corrected chi connectivity index (χ1v) is 11.0. The lowest BCUT2D eigenvalue weighted by atomic mass is 9.97. The van der Waals surface area contributed by atoms with Crippen molar-refractivity contribution in [1.29, 1.82) is 0 Å². The van der Waals surface area contributed by atoms with Crippen molar-refractivity contribution in [3.8, 4) is 0 Å². The second-order valence-corrected chi connectivity index (χ2v) is 8.48. The quantitative estimate of drug-likeness (QED) is 0.748. The highest BCUT2D eigenvalue weighted by Gasteiger charge is 2.27. The third kappa shape index (κ3) is 3.29. The highest BCUT2D eigenvalue weighted by molar-refractivity contribution is 7.19. The second kappa shape index (κ2) is 7.69. The second-order valence-electron chi connectivity index (χ2n) is 7.01. The molecule has 2 aromatic rings. The molecule has 0 aromatic carbocycles. The van der Waals surface area contributed by atoms with Crippen molar-refractivity contribution in [1.82, 2.24) is 14.9 Å². The number of carbonyl (C=O) groups is 1. The number of hydrogen-bond donors (Lipinski definition) is 0. The number of carbonyl (C=O) groups excluding carboxylic acids is 1. The van der Waals surface area contributed by atoms with Crippen LogP contribution in [0.3, 0.4) is 0 Å². The summed E-state index contributed by atoms with van der Waals surface area (Å²) >= 11 is 7.58. The minimum absolute atomic E-state index is 0.162. The molecule has 2 aliphatic rings. The van der Waals surface area contributed by atoms with Gasteiger partial charge in [-0.1, -0.05) is 6.92 Å². The van der Waals surface area contributed by atoms with Crippen LogP contribution in [0.15, 0.2) is 0 Å². The van der Waals surface area contributed by atoms with Gasteiger partial charge in [0.15, 0.2) is 0 Å². The van der Waals surface area contributed by atoms with Crippen molar-refractivity contribution in [2.75, 3.05) is 37.0 Å². The standard InChI is InChI=1S/C19H25ClN4OS/c1-2-15-21-18(24-11-9-23(10-12-24)16(25)7-8-20)17-13-5-3-4-6-14(13)26-19(17)22-15/h2-12H2,1H3. The average molecular weight is 393 g/mol. The lowest BCUT2D eigenvalue weighted by Crippen LogP contribution is -2.49. The summed E-state index contributed by atoms with van der Waals surface area (Å²) in [6.45, 7) is 5.26. The van der Waals surface area contributed by atoms with Crippen LogP contribution in [-0.4, -0.2) is 52.8 Å². The first kappa shape index (κ1) is 18.0. The van der Waals surface area contributed by atoms with Crippen molar-refractivity contribution in [2.24, 2.45) is 0 Å². The van der Waals surface area contributed by atoms with Gasteiger partial charge in [0.1, 0.15) is 16.5 Å². The zero-order valence-corrected chi connectivity index (χ0v) is 16.8. The van der Waals surface area contributed by atoms with E-state index in [1.807, 2.05) is 16.2 Å². The molecule has 1 fully saturated rings.